The molecule has 1 aromatic heterocycles. The third kappa shape index (κ3) is 2.78. The molecule has 0 aliphatic carbocycles. The van der Waals surface area contributed by atoms with E-state index in [4.69, 9.17) is 4.74 Å². The molecule has 0 fully saturated rings. The largest absolute Gasteiger partial charge is 0.451 e. The minimum absolute atomic E-state index is 0.347. The molecule has 2 aromatic carbocycles. The summed E-state index contributed by atoms with van der Waals surface area (Å²) in [6, 6.07) is 10.2. The van der Waals surface area contributed by atoms with Gasteiger partial charge < -0.3 is 9.72 Å². The molecule has 24 heavy (non-hydrogen) atoms. The van der Waals surface area contributed by atoms with Crippen molar-refractivity contribution in [2.75, 3.05) is 0 Å². The second kappa shape index (κ2) is 6.23. The van der Waals surface area contributed by atoms with Gasteiger partial charge in [0.1, 0.15) is 17.2 Å². The molecule has 0 radical (unpaired) electrons. The van der Waals surface area contributed by atoms with E-state index in [0.717, 1.165) is 23.7 Å². The first kappa shape index (κ1) is 15.9. The minimum atomic E-state index is -1.22. The van der Waals surface area contributed by atoms with E-state index < -0.39 is 35.1 Å². The molecule has 6 heteroatoms. The summed E-state index contributed by atoms with van der Waals surface area (Å²) < 4.78 is 32.2. The van der Waals surface area contributed by atoms with Crippen molar-refractivity contribution in [2.24, 2.45) is 0 Å². The summed E-state index contributed by atoms with van der Waals surface area (Å²) in [4.78, 5) is 27.4. The topological polar surface area (TPSA) is 59.2 Å². The molecule has 1 unspecified atom stereocenters. The van der Waals surface area contributed by atoms with Crippen molar-refractivity contribution in [3.63, 3.8) is 0 Å². The Hall–Kier alpha value is -3.02. The SMILES string of the molecule is CC(OC(=O)c1c(F)cccc1F)C(=O)c1c[nH]c2ccccc12. The first-order valence-electron chi connectivity index (χ1n) is 7.24. The molecular weight excluding hydrogens is 316 g/mol. The van der Waals surface area contributed by atoms with Crippen LogP contribution in [-0.2, 0) is 4.74 Å². The number of nitrogens with one attached hydrogen (secondary N) is 1. The monoisotopic (exact) mass is 329 g/mol. The van der Waals surface area contributed by atoms with Crippen LogP contribution in [-0.4, -0.2) is 22.8 Å². The van der Waals surface area contributed by atoms with Crippen molar-refractivity contribution in [1.29, 1.82) is 0 Å². The van der Waals surface area contributed by atoms with Crippen molar-refractivity contribution in [3.05, 3.63) is 71.4 Å². The van der Waals surface area contributed by atoms with Gasteiger partial charge in [-0.25, -0.2) is 13.6 Å². The van der Waals surface area contributed by atoms with Gasteiger partial charge in [0.15, 0.2) is 6.10 Å². The van der Waals surface area contributed by atoms with Crippen LogP contribution in [0.15, 0.2) is 48.7 Å². The second-order valence-electron chi connectivity index (χ2n) is 5.26. The number of Topliss-reactive ketones (excluding diaryl/α,β-unsaturated/α-hetero) is 1. The van der Waals surface area contributed by atoms with E-state index in [-0.39, 0.29) is 0 Å². The number of rotatable bonds is 4. The fourth-order valence-corrected chi connectivity index (χ4v) is 2.46. The van der Waals surface area contributed by atoms with Crippen LogP contribution in [0.1, 0.15) is 27.6 Å². The van der Waals surface area contributed by atoms with Crippen molar-refractivity contribution in [3.8, 4) is 0 Å². The summed E-state index contributed by atoms with van der Waals surface area (Å²) in [6.07, 6.45) is 0.330. The molecule has 122 valence electrons. The number of ketones is 1. The highest BCUT2D eigenvalue weighted by Gasteiger charge is 2.26. The molecule has 4 nitrogen and oxygen atoms in total. The van der Waals surface area contributed by atoms with Crippen molar-refractivity contribution in [1.82, 2.24) is 4.98 Å². The number of carbonyl (C=O) groups excluding carboxylic acids is 2. The summed E-state index contributed by atoms with van der Waals surface area (Å²) in [7, 11) is 0. The molecule has 0 saturated carbocycles. The average molecular weight is 329 g/mol. The van der Waals surface area contributed by atoms with Crippen LogP contribution >= 0.6 is 0 Å². The number of halogens is 2. The lowest BCUT2D eigenvalue weighted by molar-refractivity contribution is 0.0310. The van der Waals surface area contributed by atoms with Gasteiger partial charge in [0.05, 0.1) is 0 Å². The van der Waals surface area contributed by atoms with Gasteiger partial charge in [0.2, 0.25) is 5.78 Å². The highest BCUT2D eigenvalue weighted by molar-refractivity contribution is 6.10. The van der Waals surface area contributed by atoms with E-state index in [1.165, 1.54) is 13.1 Å². The maximum Gasteiger partial charge on any atom is 0.344 e. The number of hydrogen-bond donors (Lipinski definition) is 1. The van der Waals surface area contributed by atoms with Gasteiger partial charge in [-0.3, -0.25) is 4.79 Å². The Bertz CT molecular complexity index is 913. The molecule has 0 aliphatic rings. The smallest absolute Gasteiger partial charge is 0.344 e. The number of fused-ring (bicyclic) bond motifs is 1. The fourth-order valence-electron chi connectivity index (χ4n) is 2.46. The van der Waals surface area contributed by atoms with Crippen LogP contribution < -0.4 is 0 Å². The molecule has 0 amide bonds. The maximum atomic E-state index is 13.6. The maximum absolute atomic E-state index is 13.6. The summed E-state index contributed by atoms with van der Waals surface area (Å²) in [5.74, 6) is -3.75. The van der Waals surface area contributed by atoms with Gasteiger partial charge in [-0.05, 0) is 25.1 Å². The Morgan fingerprint density at radius 2 is 1.71 bits per heavy atom. The minimum Gasteiger partial charge on any atom is -0.451 e. The Morgan fingerprint density at radius 1 is 1.04 bits per heavy atom. The number of ether oxygens (including phenoxy) is 1. The van der Waals surface area contributed by atoms with E-state index in [1.54, 1.807) is 18.2 Å². The average Bonchev–Trinajstić information content (AvgIpc) is 2.97. The number of carbonyl (C=O) groups is 2. The lowest BCUT2D eigenvalue weighted by atomic mass is 10.1. The van der Waals surface area contributed by atoms with Crippen molar-refractivity contribution < 1.29 is 23.1 Å². The lowest BCUT2D eigenvalue weighted by Gasteiger charge is -2.12. The van der Waals surface area contributed by atoms with Gasteiger partial charge in [-0.1, -0.05) is 24.3 Å². The van der Waals surface area contributed by atoms with Crippen LogP contribution in [0.25, 0.3) is 10.9 Å². The van der Waals surface area contributed by atoms with Crippen LogP contribution in [0.3, 0.4) is 0 Å². The number of esters is 1. The Morgan fingerprint density at radius 3 is 2.42 bits per heavy atom. The zero-order valence-electron chi connectivity index (χ0n) is 12.7. The Balaban J connectivity index is 1.83. The number of aromatic amines is 1. The molecule has 1 atom stereocenters. The molecule has 0 bridgehead atoms. The second-order valence-corrected chi connectivity index (χ2v) is 5.26. The Kier molecular flexibility index (Phi) is 4.12. The van der Waals surface area contributed by atoms with Gasteiger partial charge in [-0.2, -0.15) is 0 Å². The number of para-hydroxylation sites is 1. The summed E-state index contributed by atoms with van der Waals surface area (Å²) in [5, 5.41) is 0.683. The van der Waals surface area contributed by atoms with Crippen LogP contribution in [0.5, 0.6) is 0 Å². The van der Waals surface area contributed by atoms with Crippen LogP contribution in [0.4, 0.5) is 8.78 Å². The fraction of sp³-hybridized carbons (Fsp3) is 0.111. The van der Waals surface area contributed by atoms with E-state index in [2.05, 4.69) is 4.98 Å². The third-order valence-corrected chi connectivity index (χ3v) is 3.67. The molecule has 3 rings (SSSR count). The van der Waals surface area contributed by atoms with Gasteiger partial charge in [-0.15, -0.1) is 0 Å². The van der Waals surface area contributed by atoms with Crippen LogP contribution in [0, 0.1) is 11.6 Å². The Labute approximate surface area is 136 Å². The van der Waals surface area contributed by atoms with Crippen LogP contribution in [0.2, 0.25) is 0 Å². The molecular formula is C18H13F2NO3. The van der Waals surface area contributed by atoms with E-state index in [0.29, 0.717) is 10.9 Å². The highest BCUT2D eigenvalue weighted by atomic mass is 19.1. The molecule has 1 heterocycles. The predicted octanol–water partition coefficient (Wildman–Crippen LogP) is 3.87. The number of aromatic nitrogens is 1. The van der Waals surface area contributed by atoms with Crippen molar-refractivity contribution in [2.45, 2.75) is 13.0 Å². The highest BCUT2D eigenvalue weighted by Crippen LogP contribution is 2.21. The molecule has 0 spiro atoms. The summed E-state index contributed by atoms with van der Waals surface area (Å²) in [5.41, 5.74) is 0.301. The summed E-state index contributed by atoms with van der Waals surface area (Å²) in [6.45, 7) is 1.36. The number of H-pyrrole nitrogens is 1. The third-order valence-electron chi connectivity index (χ3n) is 3.67. The van der Waals surface area contributed by atoms with Gasteiger partial charge in [0.25, 0.3) is 0 Å². The number of hydrogen-bond acceptors (Lipinski definition) is 3. The normalized spacial score (nSPS) is 12.1. The van der Waals surface area contributed by atoms with E-state index >= 15 is 0 Å². The molecule has 0 aliphatic heterocycles. The predicted molar refractivity (Wildman–Crippen MR) is 83.9 cm³/mol. The first-order chi connectivity index (χ1) is 11.5. The molecule has 0 saturated heterocycles. The standard InChI is InChI=1S/C18H13F2NO3/c1-10(24-18(23)16-13(19)6-4-7-14(16)20)17(22)12-9-21-15-8-3-2-5-11(12)15/h2-10,21H,1H3. The first-order valence-corrected chi connectivity index (χ1v) is 7.24. The lowest BCUT2D eigenvalue weighted by Crippen LogP contribution is -2.25. The quantitative estimate of drug-likeness (QED) is 0.584. The van der Waals surface area contributed by atoms with E-state index in [9.17, 15) is 18.4 Å². The zero-order valence-corrected chi connectivity index (χ0v) is 12.7. The molecule has 1 N–H and O–H groups in total. The van der Waals surface area contributed by atoms with Gasteiger partial charge >= 0.3 is 5.97 Å². The zero-order chi connectivity index (χ0) is 17.3. The van der Waals surface area contributed by atoms with Gasteiger partial charge in [0, 0.05) is 22.7 Å². The summed E-state index contributed by atoms with van der Waals surface area (Å²) >= 11 is 0. The molecule has 3 aromatic rings. The van der Waals surface area contributed by atoms with E-state index in [1.807, 2.05) is 6.07 Å². The number of benzene rings is 2. The van der Waals surface area contributed by atoms with Crippen molar-refractivity contribution >= 4 is 22.7 Å².